The molecule has 1 saturated carbocycles. The number of fused-ring (bicyclic) bond motifs is 1. The lowest BCUT2D eigenvalue weighted by atomic mass is 9.84. The van der Waals surface area contributed by atoms with Crippen LogP contribution in [0.15, 0.2) is 18.2 Å². The second-order valence-electron chi connectivity index (χ2n) is 6.66. The summed E-state index contributed by atoms with van der Waals surface area (Å²) in [6.07, 6.45) is 11.0. The molecule has 1 aliphatic carbocycles. The van der Waals surface area contributed by atoms with Gasteiger partial charge in [0.15, 0.2) is 0 Å². The van der Waals surface area contributed by atoms with Gasteiger partial charge in [-0.25, -0.2) is 0 Å². The third-order valence-electron chi connectivity index (χ3n) is 5.15. The molecule has 0 bridgehead atoms. The van der Waals surface area contributed by atoms with Crippen molar-refractivity contribution in [2.75, 3.05) is 13.2 Å². The maximum Gasteiger partial charge on any atom is 0.122 e. The molecule has 2 heteroatoms. The van der Waals surface area contributed by atoms with Gasteiger partial charge in [-0.3, -0.25) is 0 Å². The summed E-state index contributed by atoms with van der Waals surface area (Å²) < 4.78 is 5.63. The zero-order chi connectivity index (χ0) is 14.5. The molecule has 3 rings (SSSR count). The lowest BCUT2D eigenvalue weighted by molar-refractivity contribution is 0.315. The van der Waals surface area contributed by atoms with Crippen LogP contribution in [0.2, 0.25) is 0 Å². The van der Waals surface area contributed by atoms with Crippen LogP contribution in [0.4, 0.5) is 0 Å². The molecule has 0 radical (unpaired) electrons. The van der Waals surface area contributed by atoms with E-state index in [0.717, 1.165) is 31.2 Å². The van der Waals surface area contributed by atoms with Gasteiger partial charge >= 0.3 is 0 Å². The first-order valence-electron chi connectivity index (χ1n) is 8.86. The Bertz CT molecular complexity index is 451. The van der Waals surface area contributed by atoms with Crippen LogP contribution in [0, 0.1) is 5.92 Å². The Morgan fingerprint density at radius 3 is 2.90 bits per heavy atom. The zero-order valence-corrected chi connectivity index (χ0v) is 13.4. The molecule has 0 spiro atoms. The van der Waals surface area contributed by atoms with Gasteiger partial charge in [-0.1, -0.05) is 51.2 Å². The van der Waals surface area contributed by atoms with Crippen molar-refractivity contribution >= 4 is 0 Å². The Hall–Kier alpha value is -1.02. The maximum atomic E-state index is 5.63. The summed E-state index contributed by atoms with van der Waals surface area (Å²) >= 11 is 0. The van der Waals surface area contributed by atoms with Gasteiger partial charge in [-0.05, 0) is 42.5 Å². The third-order valence-corrected chi connectivity index (χ3v) is 5.15. The van der Waals surface area contributed by atoms with Crippen LogP contribution in [0.5, 0.6) is 5.75 Å². The molecule has 116 valence electrons. The van der Waals surface area contributed by atoms with Crippen LogP contribution in [0.3, 0.4) is 0 Å². The zero-order valence-electron chi connectivity index (χ0n) is 13.4. The van der Waals surface area contributed by atoms with E-state index < -0.39 is 0 Å². The summed E-state index contributed by atoms with van der Waals surface area (Å²) in [7, 11) is 0. The highest BCUT2D eigenvalue weighted by atomic mass is 16.5. The van der Waals surface area contributed by atoms with Crippen molar-refractivity contribution in [3.63, 3.8) is 0 Å². The van der Waals surface area contributed by atoms with E-state index >= 15 is 0 Å². The Balaban J connectivity index is 1.63. The molecule has 0 amide bonds. The Labute approximate surface area is 129 Å². The van der Waals surface area contributed by atoms with Crippen molar-refractivity contribution in [2.24, 2.45) is 5.92 Å². The molecular formula is C19H29NO. The number of hydrogen-bond acceptors (Lipinski definition) is 2. The minimum absolute atomic E-state index is 0.517. The molecule has 1 aliphatic heterocycles. The molecule has 1 N–H and O–H groups in total. The molecule has 1 aromatic carbocycles. The monoisotopic (exact) mass is 287 g/mol. The van der Waals surface area contributed by atoms with Crippen LogP contribution in [0.25, 0.3) is 0 Å². The molecule has 21 heavy (non-hydrogen) atoms. The summed E-state index contributed by atoms with van der Waals surface area (Å²) in [4.78, 5) is 0. The van der Waals surface area contributed by atoms with Gasteiger partial charge in [-0.15, -0.1) is 0 Å². The van der Waals surface area contributed by atoms with Gasteiger partial charge in [-0.2, -0.15) is 0 Å². The first-order valence-corrected chi connectivity index (χ1v) is 8.86. The number of hydrogen-bond donors (Lipinski definition) is 1. The number of nitrogens with one attached hydrogen (secondary N) is 1. The second kappa shape index (κ2) is 7.31. The van der Waals surface area contributed by atoms with E-state index in [4.69, 9.17) is 4.74 Å². The first kappa shape index (κ1) is 14.9. The van der Waals surface area contributed by atoms with Crippen molar-refractivity contribution in [1.82, 2.24) is 5.32 Å². The SMILES string of the molecule is CCNC(CCC1CCCCC1)c1ccc2c(c1)CCO2. The van der Waals surface area contributed by atoms with Crippen molar-refractivity contribution in [3.05, 3.63) is 29.3 Å². The molecule has 2 aliphatic rings. The summed E-state index contributed by atoms with van der Waals surface area (Å²) in [5, 5.41) is 3.69. The summed E-state index contributed by atoms with van der Waals surface area (Å²) in [6.45, 7) is 4.11. The van der Waals surface area contributed by atoms with Crippen LogP contribution in [-0.4, -0.2) is 13.2 Å². The Morgan fingerprint density at radius 1 is 1.24 bits per heavy atom. The van der Waals surface area contributed by atoms with Crippen molar-refractivity contribution in [2.45, 2.75) is 64.3 Å². The molecule has 1 fully saturated rings. The van der Waals surface area contributed by atoms with Crippen LogP contribution < -0.4 is 10.1 Å². The van der Waals surface area contributed by atoms with Crippen LogP contribution in [-0.2, 0) is 6.42 Å². The molecule has 0 aromatic heterocycles. The minimum Gasteiger partial charge on any atom is -0.493 e. The van der Waals surface area contributed by atoms with E-state index in [0.29, 0.717) is 6.04 Å². The molecule has 1 atom stereocenters. The van der Waals surface area contributed by atoms with Gasteiger partial charge < -0.3 is 10.1 Å². The van der Waals surface area contributed by atoms with E-state index in [9.17, 15) is 0 Å². The predicted octanol–water partition coefficient (Wildman–Crippen LogP) is 4.63. The summed E-state index contributed by atoms with van der Waals surface area (Å²) in [5.74, 6) is 2.07. The lowest BCUT2D eigenvalue weighted by Gasteiger charge is -2.25. The van der Waals surface area contributed by atoms with Gasteiger partial charge in [0.25, 0.3) is 0 Å². The lowest BCUT2D eigenvalue weighted by Crippen LogP contribution is -2.22. The molecule has 1 heterocycles. The van der Waals surface area contributed by atoms with E-state index in [1.54, 1.807) is 0 Å². The second-order valence-corrected chi connectivity index (χ2v) is 6.66. The largest absolute Gasteiger partial charge is 0.493 e. The quantitative estimate of drug-likeness (QED) is 0.823. The minimum atomic E-state index is 0.517. The summed E-state index contributed by atoms with van der Waals surface area (Å²) in [6, 6.07) is 7.32. The maximum absolute atomic E-state index is 5.63. The number of rotatable bonds is 6. The predicted molar refractivity (Wildman–Crippen MR) is 87.9 cm³/mol. The molecular weight excluding hydrogens is 258 g/mol. The fourth-order valence-corrected chi connectivity index (χ4v) is 3.93. The van der Waals surface area contributed by atoms with Gasteiger partial charge in [0.2, 0.25) is 0 Å². The standard InChI is InChI=1S/C19H29NO/c1-2-20-18(10-8-15-6-4-3-5-7-15)16-9-11-19-17(14-16)12-13-21-19/h9,11,14-15,18,20H,2-8,10,12-13H2,1H3. The normalized spacial score (nSPS) is 20.0. The van der Waals surface area contributed by atoms with E-state index in [2.05, 4.69) is 30.4 Å². The number of ether oxygens (including phenoxy) is 1. The smallest absolute Gasteiger partial charge is 0.122 e. The highest BCUT2D eigenvalue weighted by Gasteiger charge is 2.19. The van der Waals surface area contributed by atoms with Crippen LogP contribution in [0.1, 0.15) is 69.0 Å². The van der Waals surface area contributed by atoms with E-state index in [1.165, 1.54) is 56.1 Å². The fraction of sp³-hybridized carbons (Fsp3) is 0.684. The fourth-order valence-electron chi connectivity index (χ4n) is 3.93. The van der Waals surface area contributed by atoms with Gasteiger partial charge in [0.05, 0.1) is 6.61 Å². The van der Waals surface area contributed by atoms with Crippen LogP contribution >= 0.6 is 0 Å². The van der Waals surface area contributed by atoms with E-state index in [-0.39, 0.29) is 0 Å². The third kappa shape index (κ3) is 3.79. The molecule has 2 nitrogen and oxygen atoms in total. The van der Waals surface area contributed by atoms with Crippen molar-refractivity contribution in [1.29, 1.82) is 0 Å². The molecule has 1 aromatic rings. The van der Waals surface area contributed by atoms with Crippen molar-refractivity contribution < 1.29 is 4.74 Å². The highest BCUT2D eigenvalue weighted by molar-refractivity contribution is 5.40. The number of benzene rings is 1. The highest BCUT2D eigenvalue weighted by Crippen LogP contribution is 2.33. The first-order chi connectivity index (χ1) is 10.4. The van der Waals surface area contributed by atoms with Crippen molar-refractivity contribution in [3.8, 4) is 5.75 Å². The Kier molecular flexibility index (Phi) is 5.18. The molecule has 1 unspecified atom stereocenters. The molecule has 0 saturated heterocycles. The summed E-state index contributed by atoms with van der Waals surface area (Å²) in [5.41, 5.74) is 2.85. The topological polar surface area (TPSA) is 21.3 Å². The van der Waals surface area contributed by atoms with E-state index in [1.807, 2.05) is 0 Å². The van der Waals surface area contributed by atoms with Gasteiger partial charge in [0.1, 0.15) is 5.75 Å². The average molecular weight is 287 g/mol. The Morgan fingerprint density at radius 2 is 2.10 bits per heavy atom. The van der Waals surface area contributed by atoms with Gasteiger partial charge in [0, 0.05) is 12.5 Å². The average Bonchev–Trinajstić information content (AvgIpc) is 3.00.